The van der Waals surface area contributed by atoms with Gasteiger partial charge in [0.15, 0.2) is 11.7 Å². The predicted molar refractivity (Wildman–Crippen MR) is 132 cm³/mol. The van der Waals surface area contributed by atoms with Gasteiger partial charge in [-0.05, 0) is 25.1 Å². The van der Waals surface area contributed by atoms with Crippen LogP contribution in [0.5, 0.6) is 0 Å². The van der Waals surface area contributed by atoms with Crippen LogP contribution in [0.15, 0.2) is 27.8 Å². The van der Waals surface area contributed by atoms with Crippen molar-refractivity contribution in [2.45, 2.75) is 37.6 Å². The monoisotopic (exact) mass is 564 g/mol. The summed E-state index contributed by atoms with van der Waals surface area (Å²) in [7, 11) is 0. The van der Waals surface area contributed by atoms with Gasteiger partial charge in [0.05, 0.1) is 45.8 Å². The van der Waals surface area contributed by atoms with Crippen LogP contribution in [-0.4, -0.2) is 95.1 Å². The Morgan fingerprint density at radius 1 is 1.09 bits per heavy atom. The summed E-state index contributed by atoms with van der Waals surface area (Å²) in [5, 5.41) is 6.89. The zero-order valence-corrected chi connectivity index (χ0v) is 21.1. The van der Waals surface area contributed by atoms with E-state index >= 15 is 0 Å². The summed E-state index contributed by atoms with van der Waals surface area (Å²) in [6.07, 6.45) is 5.15. The fourth-order valence-corrected chi connectivity index (χ4v) is 4.11. The van der Waals surface area contributed by atoms with E-state index in [0.717, 1.165) is 83.3 Å². The van der Waals surface area contributed by atoms with E-state index in [-0.39, 0.29) is 30.1 Å². The molecule has 1 unspecified atom stereocenters. The molecule has 4 heterocycles. The molecule has 10 heteroatoms. The van der Waals surface area contributed by atoms with Crippen LogP contribution in [0.2, 0.25) is 0 Å². The maximum atomic E-state index is 6.21. The molecule has 9 nitrogen and oxygen atoms in total. The fraction of sp³-hybridized carbons (Fsp3) is 0.773. The van der Waals surface area contributed by atoms with Crippen LogP contribution in [0.1, 0.15) is 25.0 Å². The molecule has 0 bridgehead atoms. The summed E-state index contributed by atoms with van der Waals surface area (Å²) < 4.78 is 28.5. The van der Waals surface area contributed by atoms with Crippen molar-refractivity contribution in [2.24, 2.45) is 4.99 Å². The first kappa shape index (κ1) is 25.7. The summed E-state index contributed by atoms with van der Waals surface area (Å²) in [5.74, 6) is 1.31. The summed E-state index contributed by atoms with van der Waals surface area (Å²) >= 11 is 0. The molecule has 1 aromatic rings. The van der Waals surface area contributed by atoms with Crippen LogP contribution in [0.4, 0.5) is 0 Å². The number of hydrogen-bond acceptors (Lipinski definition) is 7. The van der Waals surface area contributed by atoms with Crippen molar-refractivity contribution in [3.05, 3.63) is 24.2 Å². The number of nitrogens with one attached hydrogen (secondary N) is 2. The first-order valence-corrected chi connectivity index (χ1v) is 11.6. The highest BCUT2D eigenvalue weighted by molar-refractivity contribution is 14.0. The van der Waals surface area contributed by atoms with Gasteiger partial charge >= 0.3 is 0 Å². The van der Waals surface area contributed by atoms with Gasteiger partial charge < -0.3 is 34.0 Å². The molecule has 0 saturated carbocycles. The minimum atomic E-state index is -0.461. The minimum Gasteiger partial charge on any atom is -0.469 e. The Kier molecular flexibility index (Phi) is 11.0. The number of hydrogen-bond donors (Lipinski definition) is 2. The number of nitrogens with zero attached hydrogens (tertiary/aromatic N) is 2. The van der Waals surface area contributed by atoms with Crippen molar-refractivity contribution in [3.63, 3.8) is 0 Å². The number of ether oxygens (including phenoxy) is 4. The maximum absolute atomic E-state index is 6.21. The largest absolute Gasteiger partial charge is 0.469 e. The Balaban J connectivity index is 0.00000289. The standard InChI is InChI=1S/C22H36N4O5.HI/c1-3-19(29-12-1)4-8-24-21(23-7-2-9-26-10-15-28-16-11-26)25-17-20-18-30-22(31-20)5-13-27-14-6-22;/h1,3,12,20H,2,4-11,13-18H2,(H2,23,24,25);1H. The number of halogens is 1. The molecular formula is C22H37IN4O5. The van der Waals surface area contributed by atoms with E-state index in [9.17, 15) is 0 Å². The second kappa shape index (κ2) is 13.7. The van der Waals surface area contributed by atoms with Crippen molar-refractivity contribution in [1.82, 2.24) is 15.5 Å². The Labute approximate surface area is 207 Å². The molecule has 0 aliphatic carbocycles. The third-order valence-corrected chi connectivity index (χ3v) is 5.91. The highest BCUT2D eigenvalue weighted by Gasteiger charge is 2.42. The number of guanidine groups is 1. The summed E-state index contributed by atoms with van der Waals surface area (Å²) in [5.41, 5.74) is 0. The number of aliphatic imine (C=N–C) groups is 1. The molecule has 2 N–H and O–H groups in total. The molecule has 3 aliphatic heterocycles. The molecule has 1 aromatic heterocycles. The van der Waals surface area contributed by atoms with Crippen LogP contribution >= 0.6 is 24.0 Å². The van der Waals surface area contributed by atoms with E-state index in [0.29, 0.717) is 26.4 Å². The van der Waals surface area contributed by atoms with Gasteiger partial charge in [-0.15, -0.1) is 24.0 Å². The molecule has 4 rings (SSSR count). The zero-order chi connectivity index (χ0) is 21.2. The molecule has 3 fully saturated rings. The van der Waals surface area contributed by atoms with Crippen LogP contribution in [0, 0.1) is 0 Å². The Bertz CT molecular complexity index is 663. The Morgan fingerprint density at radius 2 is 1.88 bits per heavy atom. The van der Waals surface area contributed by atoms with Crippen LogP contribution in [0.25, 0.3) is 0 Å². The Morgan fingerprint density at radius 3 is 2.66 bits per heavy atom. The van der Waals surface area contributed by atoms with Crippen molar-refractivity contribution < 1.29 is 23.4 Å². The molecule has 0 radical (unpaired) electrons. The molecule has 1 spiro atoms. The maximum Gasteiger partial charge on any atom is 0.191 e. The highest BCUT2D eigenvalue weighted by Crippen LogP contribution is 2.33. The minimum absolute atomic E-state index is 0. The predicted octanol–water partition coefficient (Wildman–Crippen LogP) is 1.62. The molecule has 182 valence electrons. The molecular weight excluding hydrogens is 527 g/mol. The topological polar surface area (TPSA) is 89.7 Å². The SMILES string of the molecule is I.c1coc(CCNC(=NCC2COC3(CCOCC3)O2)NCCCN2CCOCC2)c1. The molecule has 3 aliphatic rings. The lowest BCUT2D eigenvalue weighted by molar-refractivity contribution is -0.210. The molecule has 1 atom stereocenters. The molecule has 0 aromatic carbocycles. The van der Waals surface area contributed by atoms with Gasteiger partial charge in [0.25, 0.3) is 0 Å². The van der Waals surface area contributed by atoms with E-state index in [1.54, 1.807) is 6.26 Å². The summed E-state index contributed by atoms with van der Waals surface area (Å²) in [6.45, 7) is 8.96. The number of furan rings is 1. The van der Waals surface area contributed by atoms with E-state index < -0.39 is 5.79 Å². The fourth-order valence-electron chi connectivity index (χ4n) is 4.11. The first-order chi connectivity index (χ1) is 15.3. The lowest BCUT2D eigenvalue weighted by Gasteiger charge is -2.31. The van der Waals surface area contributed by atoms with Crippen molar-refractivity contribution in [2.75, 3.05) is 72.3 Å². The average Bonchev–Trinajstić information content (AvgIpc) is 3.46. The second-order valence-corrected chi connectivity index (χ2v) is 8.25. The lowest BCUT2D eigenvalue weighted by atomic mass is 10.1. The van der Waals surface area contributed by atoms with E-state index in [4.69, 9.17) is 28.4 Å². The third-order valence-electron chi connectivity index (χ3n) is 5.91. The van der Waals surface area contributed by atoms with Crippen molar-refractivity contribution in [3.8, 4) is 0 Å². The van der Waals surface area contributed by atoms with Crippen molar-refractivity contribution >= 4 is 29.9 Å². The van der Waals surface area contributed by atoms with Gasteiger partial charge in [-0.1, -0.05) is 0 Å². The molecule has 3 saturated heterocycles. The van der Waals surface area contributed by atoms with Gasteiger partial charge in [0.1, 0.15) is 11.9 Å². The summed E-state index contributed by atoms with van der Waals surface area (Å²) in [6, 6.07) is 3.91. The van der Waals surface area contributed by atoms with Gasteiger partial charge in [-0.3, -0.25) is 9.89 Å². The second-order valence-electron chi connectivity index (χ2n) is 8.25. The average molecular weight is 564 g/mol. The van der Waals surface area contributed by atoms with Gasteiger partial charge in [-0.25, -0.2) is 0 Å². The molecule has 32 heavy (non-hydrogen) atoms. The lowest BCUT2D eigenvalue weighted by Crippen LogP contribution is -2.42. The smallest absolute Gasteiger partial charge is 0.191 e. The quantitative estimate of drug-likeness (QED) is 0.203. The highest BCUT2D eigenvalue weighted by atomic mass is 127. The van der Waals surface area contributed by atoms with E-state index in [1.165, 1.54) is 0 Å². The van der Waals surface area contributed by atoms with Gasteiger partial charge in [0.2, 0.25) is 0 Å². The van der Waals surface area contributed by atoms with Crippen LogP contribution in [-0.2, 0) is 25.4 Å². The number of rotatable bonds is 9. The van der Waals surface area contributed by atoms with Crippen LogP contribution < -0.4 is 10.6 Å². The summed E-state index contributed by atoms with van der Waals surface area (Å²) in [4.78, 5) is 7.23. The number of morpholine rings is 1. The third kappa shape index (κ3) is 8.14. The van der Waals surface area contributed by atoms with Gasteiger partial charge in [-0.2, -0.15) is 0 Å². The van der Waals surface area contributed by atoms with E-state index in [1.807, 2.05) is 12.1 Å². The van der Waals surface area contributed by atoms with Crippen molar-refractivity contribution in [1.29, 1.82) is 0 Å². The first-order valence-electron chi connectivity index (χ1n) is 11.6. The van der Waals surface area contributed by atoms with Gasteiger partial charge in [0, 0.05) is 45.4 Å². The zero-order valence-electron chi connectivity index (χ0n) is 18.8. The Hall–Kier alpha value is -0.920. The van der Waals surface area contributed by atoms with Crippen LogP contribution in [0.3, 0.4) is 0 Å². The van der Waals surface area contributed by atoms with E-state index in [2.05, 4.69) is 15.5 Å². The molecule has 0 amide bonds. The normalized spacial score (nSPS) is 23.8.